The fourth-order valence-corrected chi connectivity index (χ4v) is 2.19. The summed E-state index contributed by atoms with van der Waals surface area (Å²) in [7, 11) is 4.04. The number of piperidine rings is 1. The lowest BCUT2D eigenvalue weighted by molar-refractivity contribution is 0.190. The Balaban J connectivity index is 1.96. The normalized spacial score (nSPS) is 25.6. The molecule has 1 aliphatic heterocycles. The number of rotatable bonds is 3. The number of anilines is 2. The number of hydrogen-bond acceptors (Lipinski definition) is 5. The lowest BCUT2D eigenvalue weighted by Gasteiger charge is -2.35. The molecule has 0 aromatic carbocycles. The summed E-state index contributed by atoms with van der Waals surface area (Å²) in [5.41, 5.74) is 0. The van der Waals surface area contributed by atoms with E-state index >= 15 is 0 Å². The van der Waals surface area contributed by atoms with Crippen LogP contribution in [0.15, 0.2) is 12.4 Å². The van der Waals surface area contributed by atoms with E-state index in [0.717, 1.165) is 31.0 Å². The standard InChI is InChI=1S/C12H21N5/c1-9-6-10(4-5-17(9)3)15-12-8-14-7-11(13-2)16-12/h7-10H,4-6H2,1-3H3,(H2,13,15,16). The summed E-state index contributed by atoms with van der Waals surface area (Å²) >= 11 is 0. The average Bonchev–Trinajstić information content (AvgIpc) is 2.34. The molecule has 1 saturated heterocycles. The van der Waals surface area contributed by atoms with Crippen LogP contribution in [0.4, 0.5) is 11.6 Å². The molecule has 2 atom stereocenters. The first-order valence-corrected chi connectivity index (χ1v) is 6.15. The third kappa shape index (κ3) is 3.06. The Hall–Kier alpha value is -1.36. The fourth-order valence-electron chi connectivity index (χ4n) is 2.19. The first-order chi connectivity index (χ1) is 8.19. The molecule has 2 heterocycles. The minimum absolute atomic E-state index is 0.502. The first kappa shape index (κ1) is 12.1. The summed E-state index contributed by atoms with van der Waals surface area (Å²) in [6, 6.07) is 1.13. The molecule has 94 valence electrons. The van der Waals surface area contributed by atoms with Crippen molar-refractivity contribution in [3.8, 4) is 0 Å². The predicted octanol–water partition coefficient (Wildman–Crippen LogP) is 1.41. The third-order valence-electron chi connectivity index (χ3n) is 3.45. The zero-order chi connectivity index (χ0) is 12.3. The highest BCUT2D eigenvalue weighted by atomic mass is 15.2. The van der Waals surface area contributed by atoms with E-state index < -0.39 is 0 Å². The zero-order valence-corrected chi connectivity index (χ0v) is 10.8. The average molecular weight is 235 g/mol. The molecule has 0 bridgehead atoms. The van der Waals surface area contributed by atoms with Gasteiger partial charge in [0.25, 0.3) is 0 Å². The first-order valence-electron chi connectivity index (χ1n) is 6.15. The van der Waals surface area contributed by atoms with Gasteiger partial charge >= 0.3 is 0 Å². The van der Waals surface area contributed by atoms with E-state index in [1.807, 2.05) is 7.05 Å². The van der Waals surface area contributed by atoms with Crippen molar-refractivity contribution < 1.29 is 0 Å². The molecule has 0 radical (unpaired) electrons. The van der Waals surface area contributed by atoms with Gasteiger partial charge in [-0.15, -0.1) is 0 Å². The van der Waals surface area contributed by atoms with Gasteiger partial charge in [-0.05, 0) is 26.8 Å². The van der Waals surface area contributed by atoms with Crippen molar-refractivity contribution >= 4 is 11.6 Å². The maximum absolute atomic E-state index is 4.43. The Bertz CT molecular complexity index is 368. The number of hydrogen-bond donors (Lipinski definition) is 2. The van der Waals surface area contributed by atoms with Gasteiger partial charge in [-0.25, -0.2) is 4.98 Å². The Kier molecular flexibility index (Phi) is 3.78. The SMILES string of the molecule is CNc1cncc(NC2CCN(C)C(C)C2)n1. The van der Waals surface area contributed by atoms with Gasteiger partial charge in [0.05, 0.1) is 12.4 Å². The molecule has 1 aromatic heterocycles. The Morgan fingerprint density at radius 2 is 2.12 bits per heavy atom. The predicted molar refractivity (Wildman–Crippen MR) is 70.3 cm³/mol. The zero-order valence-electron chi connectivity index (χ0n) is 10.8. The number of nitrogens with zero attached hydrogens (tertiary/aromatic N) is 3. The van der Waals surface area contributed by atoms with Crippen LogP contribution in [0.2, 0.25) is 0 Å². The molecule has 2 rings (SSSR count). The molecule has 2 N–H and O–H groups in total. The van der Waals surface area contributed by atoms with E-state index in [1.165, 1.54) is 0 Å². The maximum atomic E-state index is 4.43. The van der Waals surface area contributed by atoms with Crippen LogP contribution in [0.25, 0.3) is 0 Å². The molecule has 5 heteroatoms. The van der Waals surface area contributed by atoms with Crippen LogP contribution in [-0.2, 0) is 0 Å². The van der Waals surface area contributed by atoms with Crippen LogP contribution in [-0.4, -0.2) is 47.6 Å². The minimum Gasteiger partial charge on any atom is -0.372 e. The number of aromatic nitrogens is 2. The monoisotopic (exact) mass is 235 g/mol. The largest absolute Gasteiger partial charge is 0.372 e. The van der Waals surface area contributed by atoms with Gasteiger partial charge in [0.1, 0.15) is 11.6 Å². The van der Waals surface area contributed by atoms with E-state index in [4.69, 9.17) is 0 Å². The van der Waals surface area contributed by atoms with Gasteiger partial charge in [-0.2, -0.15) is 0 Å². The molecule has 0 aliphatic carbocycles. The molecular formula is C12H21N5. The summed E-state index contributed by atoms with van der Waals surface area (Å²) in [6.45, 7) is 3.40. The molecule has 2 unspecified atom stereocenters. The summed E-state index contributed by atoms with van der Waals surface area (Å²) < 4.78 is 0. The van der Waals surface area contributed by atoms with E-state index in [1.54, 1.807) is 12.4 Å². The van der Waals surface area contributed by atoms with Crippen LogP contribution in [0.3, 0.4) is 0 Å². The fraction of sp³-hybridized carbons (Fsp3) is 0.667. The molecule has 5 nitrogen and oxygen atoms in total. The number of likely N-dealkylation sites (tertiary alicyclic amines) is 1. The third-order valence-corrected chi connectivity index (χ3v) is 3.45. The van der Waals surface area contributed by atoms with Crippen LogP contribution in [0.1, 0.15) is 19.8 Å². The Labute approximate surface area is 103 Å². The van der Waals surface area contributed by atoms with Crippen LogP contribution < -0.4 is 10.6 Å². The van der Waals surface area contributed by atoms with E-state index in [-0.39, 0.29) is 0 Å². The van der Waals surface area contributed by atoms with Crippen molar-refractivity contribution in [1.29, 1.82) is 0 Å². The van der Waals surface area contributed by atoms with Gasteiger partial charge in [-0.1, -0.05) is 0 Å². The molecular weight excluding hydrogens is 214 g/mol. The Morgan fingerprint density at radius 1 is 1.35 bits per heavy atom. The topological polar surface area (TPSA) is 53.1 Å². The van der Waals surface area contributed by atoms with Crippen LogP contribution >= 0.6 is 0 Å². The lowest BCUT2D eigenvalue weighted by Crippen LogP contribution is -2.42. The molecule has 0 spiro atoms. The molecule has 1 fully saturated rings. The minimum atomic E-state index is 0.502. The van der Waals surface area contributed by atoms with Gasteiger partial charge in [0.2, 0.25) is 0 Å². The molecule has 1 aliphatic rings. The van der Waals surface area contributed by atoms with E-state index in [2.05, 4.69) is 39.5 Å². The van der Waals surface area contributed by atoms with Crippen molar-refractivity contribution in [2.24, 2.45) is 0 Å². The van der Waals surface area contributed by atoms with Crippen molar-refractivity contribution in [2.75, 3.05) is 31.3 Å². The van der Waals surface area contributed by atoms with Crippen molar-refractivity contribution in [3.63, 3.8) is 0 Å². The second kappa shape index (κ2) is 5.31. The lowest BCUT2D eigenvalue weighted by atomic mass is 9.99. The van der Waals surface area contributed by atoms with Crippen molar-refractivity contribution in [3.05, 3.63) is 12.4 Å². The summed E-state index contributed by atoms with van der Waals surface area (Å²) in [6.07, 6.45) is 5.82. The molecule has 0 saturated carbocycles. The van der Waals surface area contributed by atoms with Gasteiger partial charge in [0.15, 0.2) is 0 Å². The van der Waals surface area contributed by atoms with Gasteiger partial charge in [-0.3, -0.25) is 4.98 Å². The van der Waals surface area contributed by atoms with E-state index in [0.29, 0.717) is 12.1 Å². The molecule has 17 heavy (non-hydrogen) atoms. The van der Waals surface area contributed by atoms with Crippen LogP contribution in [0.5, 0.6) is 0 Å². The van der Waals surface area contributed by atoms with Crippen molar-refractivity contribution in [1.82, 2.24) is 14.9 Å². The van der Waals surface area contributed by atoms with Crippen LogP contribution in [0, 0.1) is 0 Å². The van der Waals surface area contributed by atoms with Crippen molar-refractivity contribution in [2.45, 2.75) is 31.8 Å². The molecule has 0 amide bonds. The van der Waals surface area contributed by atoms with Gasteiger partial charge in [0, 0.05) is 25.7 Å². The second-order valence-electron chi connectivity index (χ2n) is 4.73. The second-order valence-corrected chi connectivity index (χ2v) is 4.73. The quantitative estimate of drug-likeness (QED) is 0.829. The highest BCUT2D eigenvalue weighted by molar-refractivity contribution is 5.41. The smallest absolute Gasteiger partial charge is 0.147 e. The highest BCUT2D eigenvalue weighted by Gasteiger charge is 2.22. The summed E-state index contributed by atoms with van der Waals surface area (Å²) in [5.74, 6) is 1.66. The summed E-state index contributed by atoms with van der Waals surface area (Å²) in [5, 5.41) is 6.46. The summed E-state index contributed by atoms with van der Waals surface area (Å²) in [4.78, 5) is 11.0. The number of nitrogens with one attached hydrogen (secondary N) is 2. The molecule has 1 aromatic rings. The highest BCUT2D eigenvalue weighted by Crippen LogP contribution is 2.19. The van der Waals surface area contributed by atoms with Gasteiger partial charge < -0.3 is 15.5 Å². The Morgan fingerprint density at radius 3 is 2.82 bits per heavy atom. The van der Waals surface area contributed by atoms with E-state index in [9.17, 15) is 0 Å². The maximum Gasteiger partial charge on any atom is 0.147 e.